The van der Waals surface area contributed by atoms with Crippen LogP contribution in [0.3, 0.4) is 0 Å². The number of hydrogen-bond donors (Lipinski definition) is 4. The van der Waals surface area contributed by atoms with Crippen LogP contribution < -0.4 is 15.4 Å². The Kier molecular flexibility index (Phi) is 14.2. The van der Waals surface area contributed by atoms with Gasteiger partial charge in [0.2, 0.25) is 11.8 Å². The first kappa shape index (κ1) is 43.9. The minimum Gasteiger partial charge on any atom is -0.493 e. The molecule has 0 spiro atoms. The molecule has 0 aliphatic carbocycles. The predicted octanol–water partition coefficient (Wildman–Crippen LogP) is 7.12. The summed E-state index contributed by atoms with van der Waals surface area (Å²) in [5, 5.41) is 5.55. The van der Waals surface area contributed by atoms with Gasteiger partial charge in [-0.15, -0.1) is 0 Å². The standard InChI is InChI=1S/C48H56N8O8/c1-61-47(59)51-35(26-31-10-4-3-5-11-31)19-21-43(57)55-22-8-12-40(55)44-49-28-37(52-44)33-16-14-32(15-17-33)34-18-20-36-38-29-50-45(53-38)41-13-9-23-56(41)46(58)39(54-48(60)62-2)30-63-24-6-7-25-64-42(36)27-34/h3-5,10-11,14-18,20,27-29,35,39-41H,6-9,12-13,19,21-26,30H2,1-2H3,(H,49,52)(H,50,53)(H,51,59)(H,54,60)/t35-,39-,40-,41-/m0/s1. The lowest BCUT2D eigenvalue weighted by Crippen LogP contribution is -2.50. The van der Waals surface area contributed by atoms with Crippen molar-refractivity contribution in [1.29, 1.82) is 0 Å². The minimum atomic E-state index is -0.877. The number of hydrogen-bond acceptors (Lipinski definition) is 10. The van der Waals surface area contributed by atoms with Crippen molar-refractivity contribution < 1.29 is 38.1 Å². The molecule has 5 heterocycles. The molecule has 0 radical (unpaired) electrons. The Morgan fingerprint density at radius 1 is 0.797 bits per heavy atom. The van der Waals surface area contributed by atoms with Crippen molar-refractivity contribution in [3.63, 3.8) is 0 Å². The first-order valence-corrected chi connectivity index (χ1v) is 22.2. The highest BCUT2D eigenvalue weighted by atomic mass is 16.5. The molecule has 4 N–H and O–H groups in total. The maximum atomic E-state index is 13.7. The van der Waals surface area contributed by atoms with Gasteiger partial charge in [-0.05, 0) is 85.8 Å². The number of H-pyrrole nitrogens is 2. The Balaban J connectivity index is 0.948. The number of imidazole rings is 2. The van der Waals surface area contributed by atoms with E-state index in [-0.39, 0.29) is 36.5 Å². The zero-order valence-electron chi connectivity index (χ0n) is 36.3. The SMILES string of the molecule is COC(=O)N[C@@H](CCC(=O)N1CCC[C@H]1c1ncc(-c2ccc(-c3ccc4c(c3)OCCCCOC[C@H](NC(=O)OC)C(=O)N3CCC[C@H]3c3ncc-4[nH]3)cc2)[nH]1)Cc1ccccc1. The third-order valence-electron chi connectivity index (χ3n) is 12.3. The molecule has 5 aromatic rings. The molecule has 8 rings (SSSR count). The molecule has 2 aromatic heterocycles. The van der Waals surface area contributed by atoms with Gasteiger partial charge in [-0.1, -0.05) is 60.7 Å². The number of carbonyl (C=O) groups is 4. The molecule has 16 nitrogen and oxygen atoms in total. The predicted molar refractivity (Wildman–Crippen MR) is 238 cm³/mol. The topological polar surface area (TPSA) is 193 Å². The number of nitrogens with zero attached hydrogens (tertiary/aromatic N) is 4. The molecule has 3 aliphatic heterocycles. The van der Waals surface area contributed by atoms with Crippen molar-refractivity contribution >= 4 is 24.0 Å². The molecular formula is C48H56N8O8. The summed E-state index contributed by atoms with van der Waals surface area (Å²) in [6.45, 7) is 2.08. The Hall–Kier alpha value is -6.68. The second-order valence-corrected chi connectivity index (χ2v) is 16.5. The Labute approximate surface area is 372 Å². The molecule has 3 aromatic carbocycles. The van der Waals surface area contributed by atoms with Crippen LogP contribution in [0.25, 0.3) is 33.6 Å². The summed E-state index contributed by atoms with van der Waals surface area (Å²) < 4.78 is 22.0. The van der Waals surface area contributed by atoms with Crippen molar-refractivity contribution in [2.75, 3.05) is 47.1 Å². The number of benzene rings is 3. The van der Waals surface area contributed by atoms with Gasteiger partial charge in [0.1, 0.15) is 23.4 Å². The summed E-state index contributed by atoms with van der Waals surface area (Å²) >= 11 is 0. The first-order chi connectivity index (χ1) is 31.3. The minimum absolute atomic E-state index is 0.0324. The van der Waals surface area contributed by atoms with E-state index in [0.717, 1.165) is 70.7 Å². The summed E-state index contributed by atoms with van der Waals surface area (Å²) in [5.41, 5.74) is 6.54. The average Bonchev–Trinajstić information content (AvgIpc) is 4.17. The van der Waals surface area contributed by atoms with Gasteiger partial charge in [0.25, 0.3) is 0 Å². The van der Waals surface area contributed by atoms with Crippen molar-refractivity contribution in [2.45, 2.75) is 82.0 Å². The lowest BCUT2D eigenvalue weighted by atomic mass is 10.00. The van der Waals surface area contributed by atoms with Crippen molar-refractivity contribution in [3.8, 4) is 39.4 Å². The molecule has 16 heteroatoms. The second-order valence-electron chi connectivity index (χ2n) is 16.5. The van der Waals surface area contributed by atoms with Crippen LogP contribution >= 0.6 is 0 Å². The van der Waals surface area contributed by atoms with E-state index in [1.165, 1.54) is 14.2 Å². The number of nitrogens with one attached hydrogen (secondary N) is 4. The van der Waals surface area contributed by atoms with Crippen LogP contribution in [0, 0.1) is 0 Å². The summed E-state index contributed by atoms with van der Waals surface area (Å²) in [5.74, 6) is 1.95. The van der Waals surface area contributed by atoms with E-state index in [2.05, 4.69) is 50.9 Å². The zero-order chi connectivity index (χ0) is 44.4. The summed E-state index contributed by atoms with van der Waals surface area (Å²) in [6, 6.07) is 22.8. The van der Waals surface area contributed by atoms with Crippen molar-refractivity contribution in [2.24, 2.45) is 0 Å². The number of carbonyl (C=O) groups excluding carboxylic acids is 4. The van der Waals surface area contributed by atoms with Crippen LogP contribution in [-0.4, -0.2) is 113 Å². The molecule has 2 bridgehead atoms. The molecule has 0 saturated carbocycles. The molecule has 2 fully saturated rings. The normalized spacial score (nSPS) is 19.5. The average molecular weight is 873 g/mol. The number of rotatable bonds is 10. The monoisotopic (exact) mass is 872 g/mol. The van der Waals surface area contributed by atoms with E-state index in [1.54, 1.807) is 11.1 Å². The second kappa shape index (κ2) is 20.7. The van der Waals surface area contributed by atoms with E-state index in [0.29, 0.717) is 70.0 Å². The summed E-state index contributed by atoms with van der Waals surface area (Å²) in [4.78, 5) is 71.8. The van der Waals surface area contributed by atoms with Gasteiger partial charge >= 0.3 is 12.2 Å². The maximum absolute atomic E-state index is 13.7. The van der Waals surface area contributed by atoms with Gasteiger partial charge in [0, 0.05) is 37.7 Å². The number of methoxy groups -OCH3 is 2. The van der Waals surface area contributed by atoms with Gasteiger partial charge in [0.15, 0.2) is 0 Å². The molecule has 64 heavy (non-hydrogen) atoms. The molecule has 336 valence electrons. The first-order valence-electron chi connectivity index (χ1n) is 22.2. The third kappa shape index (κ3) is 10.4. The molecule has 4 atom stereocenters. The lowest BCUT2D eigenvalue weighted by molar-refractivity contribution is -0.136. The highest BCUT2D eigenvalue weighted by Crippen LogP contribution is 2.38. The molecule has 0 unspecified atom stereocenters. The molecule has 3 aliphatic rings. The highest BCUT2D eigenvalue weighted by Gasteiger charge is 2.37. The Bertz CT molecular complexity index is 2380. The number of amides is 4. The van der Waals surface area contributed by atoms with E-state index in [4.69, 9.17) is 28.9 Å². The third-order valence-corrected chi connectivity index (χ3v) is 12.3. The molecule has 4 amide bonds. The number of alkyl carbamates (subject to hydrolysis) is 2. The fourth-order valence-corrected chi connectivity index (χ4v) is 8.90. The van der Waals surface area contributed by atoms with Gasteiger partial charge < -0.3 is 49.3 Å². The van der Waals surface area contributed by atoms with Crippen LogP contribution in [0.1, 0.15) is 80.7 Å². The van der Waals surface area contributed by atoms with Gasteiger partial charge in [0.05, 0.1) is 63.3 Å². The van der Waals surface area contributed by atoms with E-state index >= 15 is 0 Å². The van der Waals surface area contributed by atoms with Crippen molar-refractivity contribution in [3.05, 3.63) is 102 Å². The Morgan fingerprint density at radius 3 is 2.28 bits per heavy atom. The summed E-state index contributed by atoms with van der Waals surface area (Å²) in [7, 11) is 2.61. The largest absolute Gasteiger partial charge is 0.493 e. The lowest BCUT2D eigenvalue weighted by Gasteiger charge is -2.28. The highest BCUT2D eigenvalue weighted by molar-refractivity contribution is 5.86. The van der Waals surface area contributed by atoms with E-state index in [1.807, 2.05) is 53.6 Å². The Morgan fingerprint density at radius 2 is 1.48 bits per heavy atom. The van der Waals surface area contributed by atoms with Crippen LogP contribution in [0.2, 0.25) is 0 Å². The summed E-state index contributed by atoms with van der Waals surface area (Å²) in [6.07, 6.45) is 8.44. The molecule has 2 saturated heterocycles. The smallest absolute Gasteiger partial charge is 0.407 e. The maximum Gasteiger partial charge on any atom is 0.407 e. The van der Waals surface area contributed by atoms with Gasteiger partial charge in [-0.2, -0.15) is 0 Å². The van der Waals surface area contributed by atoms with Crippen molar-refractivity contribution in [1.82, 2.24) is 40.4 Å². The molecular weight excluding hydrogens is 817 g/mol. The fourth-order valence-electron chi connectivity index (χ4n) is 8.90. The quantitative estimate of drug-likeness (QED) is 0.112. The number of aromatic amines is 2. The van der Waals surface area contributed by atoms with Crippen LogP contribution in [0.15, 0.2) is 85.2 Å². The number of fused-ring (bicyclic) bond motifs is 6. The van der Waals surface area contributed by atoms with E-state index in [9.17, 15) is 19.2 Å². The number of aromatic nitrogens is 4. The van der Waals surface area contributed by atoms with Crippen LogP contribution in [0.4, 0.5) is 9.59 Å². The fraction of sp³-hybridized carbons (Fsp3) is 0.417. The van der Waals surface area contributed by atoms with Gasteiger partial charge in [-0.25, -0.2) is 19.6 Å². The van der Waals surface area contributed by atoms with Crippen LogP contribution in [-0.2, 0) is 30.2 Å². The van der Waals surface area contributed by atoms with E-state index < -0.39 is 18.2 Å². The zero-order valence-corrected chi connectivity index (χ0v) is 36.3. The number of likely N-dealkylation sites (tertiary alicyclic amines) is 1. The number of ether oxygens (including phenoxy) is 4. The van der Waals surface area contributed by atoms with Gasteiger partial charge in [-0.3, -0.25) is 9.59 Å². The van der Waals surface area contributed by atoms with Crippen LogP contribution in [0.5, 0.6) is 5.75 Å².